The number of phosphoric ester groups is 1. The molecule has 0 rings (SSSR count). The van der Waals surface area contributed by atoms with Gasteiger partial charge in [0, 0.05) is 12.8 Å². The third-order valence-corrected chi connectivity index (χ3v) is 9.45. The van der Waals surface area contributed by atoms with Crippen molar-refractivity contribution in [1.29, 1.82) is 0 Å². The lowest BCUT2D eigenvalue weighted by molar-refractivity contribution is -0.161. The predicted octanol–water partition coefficient (Wildman–Crippen LogP) is 10.8. The van der Waals surface area contributed by atoms with Crippen molar-refractivity contribution in [3.63, 3.8) is 0 Å². The maximum absolute atomic E-state index is 12.6. The zero-order chi connectivity index (χ0) is 40.7. The van der Waals surface area contributed by atoms with E-state index >= 15 is 0 Å². The van der Waals surface area contributed by atoms with E-state index in [1.54, 1.807) is 0 Å². The van der Waals surface area contributed by atoms with Gasteiger partial charge in [0.05, 0.1) is 13.2 Å². The fourth-order valence-corrected chi connectivity index (χ4v) is 6.00. The van der Waals surface area contributed by atoms with E-state index in [1.807, 2.05) is 0 Å². The van der Waals surface area contributed by atoms with Crippen molar-refractivity contribution >= 4 is 25.7 Å². The number of aliphatic carboxylic acids is 1. The van der Waals surface area contributed by atoms with E-state index in [-0.39, 0.29) is 19.4 Å². The summed E-state index contributed by atoms with van der Waals surface area (Å²) in [5.41, 5.74) is 5.32. The van der Waals surface area contributed by atoms with Crippen LogP contribution in [0.2, 0.25) is 0 Å². The highest BCUT2D eigenvalue weighted by molar-refractivity contribution is 7.47. The molecule has 0 spiro atoms. The Labute approximate surface area is 332 Å². The van der Waals surface area contributed by atoms with Crippen LogP contribution in [0.1, 0.15) is 162 Å². The van der Waals surface area contributed by atoms with Crippen LogP contribution in [0, 0.1) is 0 Å². The number of esters is 2. The molecular formula is C43H74NO10P. The van der Waals surface area contributed by atoms with Gasteiger partial charge < -0.3 is 25.2 Å². The van der Waals surface area contributed by atoms with Gasteiger partial charge in [-0.15, -0.1) is 0 Å². The van der Waals surface area contributed by atoms with Crippen LogP contribution >= 0.6 is 7.82 Å². The lowest BCUT2D eigenvalue weighted by Gasteiger charge is -2.20. The summed E-state index contributed by atoms with van der Waals surface area (Å²) in [7, 11) is -4.73. The summed E-state index contributed by atoms with van der Waals surface area (Å²) in [5, 5.41) is 8.88. The zero-order valence-electron chi connectivity index (χ0n) is 34.0. The minimum absolute atomic E-state index is 0.140. The quantitative estimate of drug-likeness (QED) is 0.0235. The Bertz CT molecular complexity index is 1170. The highest BCUT2D eigenvalue weighted by atomic mass is 31.2. The van der Waals surface area contributed by atoms with Gasteiger partial charge in [0.2, 0.25) is 0 Å². The SMILES string of the molecule is CC/C=C\C/C=C\C/C=C\C/C=C\CCCCC(=O)OC[C@H](COP(=O)(O)OC[C@H](N)C(=O)O)OC(=O)CCCCCCC/C=C\CCCCCCCCC. The van der Waals surface area contributed by atoms with Gasteiger partial charge >= 0.3 is 25.7 Å². The molecule has 0 aromatic heterocycles. The van der Waals surface area contributed by atoms with Gasteiger partial charge in [0.1, 0.15) is 12.6 Å². The zero-order valence-corrected chi connectivity index (χ0v) is 34.9. The maximum Gasteiger partial charge on any atom is 0.472 e. The van der Waals surface area contributed by atoms with Crippen molar-refractivity contribution < 1.29 is 47.5 Å². The molecule has 0 bridgehead atoms. The van der Waals surface area contributed by atoms with Crippen LogP contribution in [0.15, 0.2) is 60.8 Å². The number of nitrogens with two attached hydrogens (primary N) is 1. The van der Waals surface area contributed by atoms with E-state index in [0.29, 0.717) is 12.8 Å². The Kier molecular flexibility index (Phi) is 36.1. The summed E-state index contributed by atoms with van der Waals surface area (Å²) in [5.74, 6) is -2.45. The number of allylic oxidation sites excluding steroid dienone is 10. The number of rotatable bonds is 38. The minimum atomic E-state index is -4.73. The lowest BCUT2D eigenvalue weighted by atomic mass is 10.1. The largest absolute Gasteiger partial charge is 0.480 e. The first kappa shape index (κ1) is 52.2. The number of hydrogen-bond donors (Lipinski definition) is 3. The fourth-order valence-electron chi connectivity index (χ4n) is 5.23. The molecule has 12 heteroatoms. The first-order valence-electron chi connectivity index (χ1n) is 20.8. The molecule has 0 saturated heterocycles. The molecule has 0 aliphatic carbocycles. The topological polar surface area (TPSA) is 172 Å². The van der Waals surface area contributed by atoms with Gasteiger partial charge in [-0.05, 0) is 77.0 Å². The van der Waals surface area contributed by atoms with Crippen LogP contribution in [-0.2, 0) is 37.5 Å². The molecule has 0 aliphatic heterocycles. The smallest absolute Gasteiger partial charge is 0.472 e. The molecule has 0 heterocycles. The molecule has 4 N–H and O–H groups in total. The van der Waals surface area contributed by atoms with Gasteiger partial charge in [0.25, 0.3) is 0 Å². The second kappa shape index (κ2) is 38.1. The number of carboxylic acid groups (broad SMARTS) is 1. The number of carboxylic acids is 1. The van der Waals surface area contributed by atoms with Crippen LogP contribution in [0.4, 0.5) is 0 Å². The molecule has 0 radical (unpaired) electrons. The Balaban J connectivity index is 4.48. The number of unbranched alkanes of at least 4 members (excludes halogenated alkanes) is 14. The van der Waals surface area contributed by atoms with Crippen LogP contribution in [0.5, 0.6) is 0 Å². The molecule has 1 unspecified atom stereocenters. The van der Waals surface area contributed by atoms with E-state index in [1.165, 1.54) is 44.9 Å². The Morgan fingerprint density at radius 3 is 1.58 bits per heavy atom. The predicted molar refractivity (Wildman–Crippen MR) is 221 cm³/mol. The van der Waals surface area contributed by atoms with Gasteiger partial charge in [0.15, 0.2) is 6.10 Å². The Hall–Kier alpha value is -2.82. The lowest BCUT2D eigenvalue weighted by Crippen LogP contribution is -2.34. The monoisotopic (exact) mass is 796 g/mol. The molecular weight excluding hydrogens is 721 g/mol. The van der Waals surface area contributed by atoms with Crippen LogP contribution in [0.25, 0.3) is 0 Å². The van der Waals surface area contributed by atoms with E-state index in [4.69, 9.17) is 24.8 Å². The molecule has 0 amide bonds. The van der Waals surface area contributed by atoms with Crippen molar-refractivity contribution in [1.82, 2.24) is 0 Å². The van der Waals surface area contributed by atoms with Gasteiger partial charge in [-0.2, -0.15) is 0 Å². The molecule has 11 nitrogen and oxygen atoms in total. The number of carbonyl (C=O) groups is 3. The molecule has 316 valence electrons. The van der Waals surface area contributed by atoms with Gasteiger partial charge in [-0.25, -0.2) is 4.57 Å². The third kappa shape index (κ3) is 37.9. The molecule has 0 aromatic carbocycles. The number of hydrogen-bond acceptors (Lipinski definition) is 9. The molecule has 55 heavy (non-hydrogen) atoms. The fraction of sp³-hybridized carbons (Fsp3) is 0.698. The van der Waals surface area contributed by atoms with Crippen molar-refractivity contribution in [2.45, 2.75) is 174 Å². The van der Waals surface area contributed by atoms with Crippen LogP contribution in [0.3, 0.4) is 0 Å². The van der Waals surface area contributed by atoms with Crippen LogP contribution < -0.4 is 5.73 Å². The summed E-state index contributed by atoms with van der Waals surface area (Å²) in [6.45, 7) is 2.62. The second-order valence-corrected chi connectivity index (χ2v) is 15.2. The number of phosphoric acid groups is 1. The normalized spacial score (nSPS) is 14.4. The third-order valence-electron chi connectivity index (χ3n) is 8.50. The molecule has 0 saturated carbocycles. The summed E-state index contributed by atoms with van der Waals surface area (Å²) < 4.78 is 32.6. The number of carbonyl (C=O) groups excluding carboxylic acids is 2. The first-order valence-corrected chi connectivity index (χ1v) is 22.3. The van der Waals surface area contributed by atoms with E-state index < -0.39 is 51.1 Å². The second-order valence-electron chi connectivity index (χ2n) is 13.7. The average molecular weight is 796 g/mol. The van der Waals surface area contributed by atoms with Crippen molar-refractivity contribution in [3.05, 3.63) is 60.8 Å². The molecule has 3 atom stereocenters. The molecule has 0 fully saturated rings. The molecule has 0 aromatic rings. The standard InChI is InChI=1S/C43H74NO10P/c1-3-5-7-9-11-13-15-17-19-21-23-25-27-29-31-33-35-42(46)54-39(37-52-55(49,50)53-38-40(44)43(47)48)36-51-41(45)34-32-30-28-26-24-22-20-18-16-14-12-10-8-6-4-2/h6,8,12,14,18-21,24,26,39-40H,3-5,7,9-11,13,15-17,22-23,25,27-38,44H2,1-2H3,(H,47,48)(H,49,50)/b8-6-,14-12-,20-18-,21-19-,26-24-/t39-,40+/m1/s1. The van der Waals surface area contributed by atoms with Crippen molar-refractivity contribution in [3.8, 4) is 0 Å². The average Bonchev–Trinajstić information content (AvgIpc) is 3.16. The summed E-state index contributed by atoms with van der Waals surface area (Å²) in [4.78, 5) is 45.9. The highest BCUT2D eigenvalue weighted by Gasteiger charge is 2.28. The van der Waals surface area contributed by atoms with Crippen molar-refractivity contribution in [2.75, 3.05) is 19.8 Å². The number of ether oxygens (including phenoxy) is 2. The van der Waals surface area contributed by atoms with Gasteiger partial charge in [-0.3, -0.25) is 23.4 Å². The molecule has 0 aliphatic rings. The summed E-state index contributed by atoms with van der Waals surface area (Å²) in [6, 6.07) is -1.53. The maximum atomic E-state index is 12.6. The minimum Gasteiger partial charge on any atom is -0.480 e. The summed E-state index contributed by atoms with van der Waals surface area (Å²) >= 11 is 0. The van der Waals surface area contributed by atoms with E-state index in [2.05, 4.69) is 79.1 Å². The van der Waals surface area contributed by atoms with E-state index in [9.17, 15) is 23.8 Å². The van der Waals surface area contributed by atoms with Crippen LogP contribution in [-0.4, -0.2) is 59.9 Å². The Morgan fingerprint density at radius 2 is 1.02 bits per heavy atom. The van der Waals surface area contributed by atoms with Gasteiger partial charge in [-0.1, -0.05) is 132 Å². The first-order chi connectivity index (χ1) is 26.6. The van der Waals surface area contributed by atoms with E-state index in [0.717, 1.165) is 77.0 Å². The van der Waals surface area contributed by atoms with Crippen molar-refractivity contribution in [2.24, 2.45) is 5.73 Å². The summed E-state index contributed by atoms with van der Waals surface area (Å²) in [6.07, 6.45) is 42.9. The Morgan fingerprint density at radius 1 is 0.582 bits per heavy atom. The highest BCUT2D eigenvalue weighted by Crippen LogP contribution is 2.43.